The largest absolute Gasteiger partial charge is 0.524 e. The molecule has 8 heteroatoms. The van der Waals surface area contributed by atoms with E-state index in [1.54, 1.807) is 12.1 Å². The lowest BCUT2D eigenvalue weighted by molar-refractivity contribution is 0.0991. The molecule has 0 spiro atoms. The van der Waals surface area contributed by atoms with E-state index in [2.05, 4.69) is 4.52 Å². The van der Waals surface area contributed by atoms with Crippen LogP contribution in [0.5, 0.6) is 17.2 Å². The predicted molar refractivity (Wildman–Crippen MR) is 76.9 cm³/mol. The number of Topliss-reactive ketones (excluding diaryl/α,β-unsaturated/α-hetero) is 1. The second-order valence-electron chi connectivity index (χ2n) is 4.53. The monoisotopic (exact) mass is 324 g/mol. The number of carbonyl (C=O) groups excluding carboxylic acids is 1. The Morgan fingerprint density at radius 2 is 1.73 bits per heavy atom. The molecule has 0 aromatic heterocycles. The lowest BCUT2D eigenvalue weighted by atomic mass is 10.0. The topological polar surface area (TPSA) is 124 Å². The van der Waals surface area contributed by atoms with Gasteiger partial charge in [0.15, 0.2) is 5.78 Å². The van der Waals surface area contributed by atoms with Crippen molar-refractivity contribution in [1.82, 2.24) is 0 Å². The van der Waals surface area contributed by atoms with Crippen molar-refractivity contribution in [2.75, 3.05) is 0 Å². The number of hydrogen-bond donors (Lipinski definition) is 4. The van der Waals surface area contributed by atoms with Crippen molar-refractivity contribution in [3.05, 3.63) is 53.6 Å². The summed E-state index contributed by atoms with van der Waals surface area (Å²) in [4.78, 5) is 30.0. The fourth-order valence-corrected chi connectivity index (χ4v) is 2.30. The maximum Gasteiger partial charge on any atom is 0.524 e. The molecular formula is C14H13O7P. The van der Waals surface area contributed by atoms with Crippen LogP contribution in [0.1, 0.15) is 15.9 Å². The van der Waals surface area contributed by atoms with E-state index < -0.39 is 19.4 Å². The highest BCUT2D eigenvalue weighted by Crippen LogP contribution is 2.40. The van der Waals surface area contributed by atoms with Crippen molar-refractivity contribution in [2.24, 2.45) is 0 Å². The van der Waals surface area contributed by atoms with Gasteiger partial charge in [0.1, 0.15) is 17.2 Å². The smallest absolute Gasteiger partial charge is 0.508 e. The summed E-state index contributed by atoms with van der Waals surface area (Å²) in [5.74, 6) is -1.17. The highest BCUT2D eigenvalue weighted by Gasteiger charge is 2.22. The number of phosphoric ester groups is 1. The molecule has 0 radical (unpaired) electrons. The summed E-state index contributed by atoms with van der Waals surface area (Å²) >= 11 is 0. The second-order valence-corrected chi connectivity index (χ2v) is 5.70. The van der Waals surface area contributed by atoms with Crippen molar-refractivity contribution in [2.45, 2.75) is 6.42 Å². The van der Waals surface area contributed by atoms with Crippen molar-refractivity contribution < 1.29 is 33.9 Å². The Morgan fingerprint density at radius 1 is 1.05 bits per heavy atom. The molecule has 22 heavy (non-hydrogen) atoms. The first-order chi connectivity index (χ1) is 10.2. The molecule has 0 heterocycles. The molecule has 2 aromatic rings. The number of rotatable bonds is 5. The quantitative estimate of drug-likeness (QED) is 0.489. The van der Waals surface area contributed by atoms with Gasteiger partial charge in [0.25, 0.3) is 0 Å². The van der Waals surface area contributed by atoms with Crippen LogP contribution in [-0.4, -0.2) is 25.8 Å². The lowest BCUT2D eigenvalue weighted by Gasteiger charge is -2.11. The predicted octanol–water partition coefficient (Wildman–Crippen LogP) is 1.99. The minimum absolute atomic E-state index is 0.00250. The number of hydrogen-bond acceptors (Lipinski definition) is 5. The standard InChI is InChI=1S/C14H13O7P/c15-10-3-1-2-9(6-10)7-13(17)12-5-4-11(16)8-14(12)21-22(18,19)20/h1-6,8,15-16H,7H2,(H2,18,19,20). The van der Waals surface area contributed by atoms with Gasteiger partial charge in [0.05, 0.1) is 5.56 Å². The Labute approximate surface area is 125 Å². The molecule has 7 nitrogen and oxygen atoms in total. The van der Waals surface area contributed by atoms with E-state index in [0.717, 1.165) is 6.07 Å². The first kappa shape index (κ1) is 16.0. The second kappa shape index (κ2) is 6.19. The van der Waals surface area contributed by atoms with E-state index in [4.69, 9.17) is 9.79 Å². The molecule has 2 rings (SSSR count). The number of ketones is 1. The van der Waals surface area contributed by atoms with Crippen LogP contribution in [0.3, 0.4) is 0 Å². The maximum atomic E-state index is 12.2. The Hall–Kier alpha value is -2.34. The average molecular weight is 324 g/mol. The Morgan fingerprint density at radius 3 is 2.36 bits per heavy atom. The van der Waals surface area contributed by atoms with Crippen molar-refractivity contribution in [1.29, 1.82) is 0 Å². The highest BCUT2D eigenvalue weighted by molar-refractivity contribution is 7.46. The normalized spacial score (nSPS) is 11.2. The number of phosphoric acid groups is 1. The summed E-state index contributed by atoms with van der Waals surface area (Å²) in [7, 11) is -4.87. The van der Waals surface area contributed by atoms with Crippen molar-refractivity contribution >= 4 is 13.6 Å². The molecule has 2 aromatic carbocycles. The van der Waals surface area contributed by atoms with E-state index in [1.807, 2.05) is 0 Å². The molecule has 0 atom stereocenters. The van der Waals surface area contributed by atoms with Crippen LogP contribution in [0.25, 0.3) is 0 Å². The van der Waals surface area contributed by atoms with Gasteiger partial charge < -0.3 is 14.7 Å². The Kier molecular flexibility index (Phi) is 4.51. The van der Waals surface area contributed by atoms with Crippen LogP contribution in [0.4, 0.5) is 0 Å². The summed E-state index contributed by atoms with van der Waals surface area (Å²) in [6.45, 7) is 0. The van der Waals surface area contributed by atoms with E-state index in [-0.39, 0.29) is 23.5 Å². The SMILES string of the molecule is O=C(Cc1cccc(O)c1)c1ccc(O)cc1OP(=O)(O)O. The summed E-state index contributed by atoms with van der Waals surface area (Å²) in [6, 6.07) is 9.44. The number of aromatic hydroxyl groups is 2. The van der Waals surface area contributed by atoms with Crippen LogP contribution in [0.2, 0.25) is 0 Å². The zero-order valence-corrected chi connectivity index (χ0v) is 12.1. The molecule has 0 amide bonds. The van der Waals surface area contributed by atoms with E-state index in [1.165, 1.54) is 24.3 Å². The molecule has 0 aliphatic heterocycles. The first-order valence-electron chi connectivity index (χ1n) is 6.14. The number of benzene rings is 2. The molecular weight excluding hydrogens is 311 g/mol. The number of phenols is 2. The zero-order valence-electron chi connectivity index (χ0n) is 11.2. The summed E-state index contributed by atoms with van der Waals surface area (Å²) in [6.07, 6.45) is -0.101. The molecule has 0 aliphatic rings. The zero-order chi connectivity index (χ0) is 16.3. The molecule has 0 fully saturated rings. The third kappa shape index (κ3) is 4.33. The average Bonchev–Trinajstić information content (AvgIpc) is 2.36. The van der Waals surface area contributed by atoms with Crippen LogP contribution in [0, 0.1) is 0 Å². The highest BCUT2D eigenvalue weighted by atomic mass is 31.2. The van der Waals surface area contributed by atoms with Gasteiger partial charge in [-0.2, -0.15) is 0 Å². The fraction of sp³-hybridized carbons (Fsp3) is 0.0714. The van der Waals surface area contributed by atoms with Gasteiger partial charge in [0, 0.05) is 12.5 Å². The van der Waals surface area contributed by atoms with Crippen LogP contribution < -0.4 is 4.52 Å². The molecule has 0 bridgehead atoms. The molecule has 0 aliphatic carbocycles. The molecule has 116 valence electrons. The Bertz CT molecular complexity index is 751. The van der Waals surface area contributed by atoms with Gasteiger partial charge in [0.2, 0.25) is 0 Å². The molecule has 0 unspecified atom stereocenters. The molecule has 0 saturated carbocycles. The van der Waals surface area contributed by atoms with Gasteiger partial charge in [-0.25, -0.2) is 4.57 Å². The minimum atomic E-state index is -4.87. The summed E-state index contributed by atoms with van der Waals surface area (Å²) in [5.41, 5.74) is 0.449. The summed E-state index contributed by atoms with van der Waals surface area (Å²) < 4.78 is 15.4. The fourth-order valence-electron chi connectivity index (χ4n) is 1.89. The third-order valence-corrected chi connectivity index (χ3v) is 3.19. The Balaban J connectivity index is 2.31. The van der Waals surface area contributed by atoms with Crippen LogP contribution >= 0.6 is 7.82 Å². The minimum Gasteiger partial charge on any atom is -0.508 e. The molecule has 0 saturated heterocycles. The van der Waals surface area contributed by atoms with E-state index in [9.17, 15) is 19.6 Å². The van der Waals surface area contributed by atoms with E-state index in [0.29, 0.717) is 5.56 Å². The van der Waals surface area contributed by atoms with Gasteiger partial charge in [-0.15, -0.1) is 0 Å². The van der Waals surface area contributed by atoms with Gasteiger partial charge in [-0.1, -0.05) is 12.1 Å². The van der Waals surface area contributed by atoms with Gasteiger partial charge in [-0.3, -0.25) is 14.6 Å². The van der Waals surface area contributed by atoms with Crippen molar-refractivity contribution in [3.8, 4) is 17.2 Å². The van der Waals surface area contributed by atoms with Crippen LogP contribution in [0.15, 0.2) is 42.5 Å². The lowest BCUT2D eigenvalue weighted by Crippen LogP contribution is -2.06. The van der Waals surface area contributed by atoms with Crippen LogP contribution in [-0.2, 0) is 11.0 Å². The summed E-state index contributed by atoms with van der Waals surface area (Å²) in [5, 5.41) is 18.7. The maximum absolute atomic E-state index is 12.2. The van der Waals surface area contributed by atoms with E-state index >= 15 is 0 Å². The number of phenolic OH excluding ortho intramolecular Hbond substituents is 2. The van der Waals surface area contributed by atoms with Gasteiger partial charge >= 0.3 is 7.82 Å². The first-order valence-corrected chi connectivity index (χ1v) is 7.67. The molecule has 4 N–H and O–H groups in total. The third-order valence-electron chi connectivity index (χ3n) is 2.76. The number of carbonyl (C=O) groups is 1. The van der Waals surface area contributed by atoms with Gasteiger partial charge in [-0.05, 0) is 29.8 Å². The van der Waals surface area contributed by atoms with Crippen molar-refractivity contribution in [3.63, 3.8) is 0 Å².